The van der Waals surface area contributed by atoms with Crippen LogP contribution in [0.25, 0.3) is 11.0 Å². The Labute approximate surface area is 223 Å². The number of ketones is 1. The molecule has 0 radical (unpaired) electrons. The zero-order valence-corrected chi connectivity index (χ0v) is 21.6. The van der Waals surface area contributed by atoms with Gasteiger partial charge >= 0.3 is 0 Å². The molecule has 1 aromatic heterocycles. The number of carbonyl (C=O) groups excluding carboxylic acids is 2. The molecule has 0 fully saturated rings. The van der Waals surface area contributed by atoms with E-state index in [2.05, 4.69) is 0 Å². The number of aliphatic hydroxyl groups excluding tert-OH is 1. The van der Waals surface area contributed by atoms with Crippen molar-refractivity contribution >= 4 is 39.9 Å². The van der Waals surface area contributed by atoms with Gasteiger partial charge in [0.2, 0.25) is 5.78 Å². The van der Waals surface area contributed by atoms with Crippen LogP contribution in [-0.2, 0) is 4.79 Å². The van der Waals surface area contributed by atoms with Crippen LogP contribution < -0.4 is 19.1 Å². The summed E-state index contributed by atoms with van der Waals surface area (Å²) in [6, 6.07) is 17.4. The highest BCUT2D eigenvalue weighted by molar-refractivity contribution is 6.31. The molecule has 8 nitrogen and oxygen atoms in total. The van der Waals surface area contributed by atoms with Crippen LogP contribution >= 0.6 is 11.6 Å². The zero-order chi connectivity index (χ0) is 27.0. The maximum absolute atomic E-state index is 13.9. The number of rotatable bonds is 8. The number of hydrogen-bond donors (Lipinski definition) is 1. The van der Waals surface area contributed by atoms with E-state index in [1.807, 2.05) is 6.92 Å². The molecular weight excluding hydrogens is 510 g/mol. The van der Waals surface area contributed by atoms with Crippen molar-refractivity contribution in [2.24, 2.45) is 0 Å². The summed E-state index contributed by atoms with van der Waals surface area (Å²) >= 11 is 6.10. The second kappa shape index (κ2) is 10.1. The highest BCUT2D eigenvalue weighted by Gasteiger charge is 2.46. The van der Waals surface area contributed by atoms with Gasteiger partial charge < -0.3 is 23.7 Å². The monoisotopic (exact) mass is 533 g/mol. The number of nitrogens with zero attached hydrogens (tertiary/aromatic N) is 1. The highest BCUT2D eigenvalue weighted by Crippen LogP contribution is 2.46. The number of anilines is 1. The second-order valence-corrected chi connectivity index (χ2v) is 8.91. The van der Waals surface area contributed by atoms with Crippen molar-refractivity contribution in [3.05, 3.63) is 94.4 Å². The minimum absolute atomic E-state index is 0.0398. The predicted octanol–water partition coefficient (Wildman–Crippen LogP) is 6.29. The lowest BCUT2D eigenvalue weighted by Crippen LogP contribution is -2.31. The van der Waals surface area contributed by atoms with Crippen molar-refractivity contribution in [2.45, 2.75) is 13.0 Å². The fourth-order valence-electron chi connectivity index (χ4n) is 4.62. The minimum Gasteiger partial charge on any atom is -0.503 e. The quantitative estimate of drug-likeness (QED) is 0.266. The van der Waals surface area contributed by atoms with Gasteiger partial charge in [-0.15, -0.1) is 0 Å². The van der Waals surface area contributed by atoms with Crippen molar-refractivity contribution in [1.82, 2.24) is 0 Å². The summed E-state index contributed by atoms with van der Waals surface area (Å²) in [7, 11) is 3.00. The fourth-order valence-corrected chi connectivity index (χ4v) is 4.80. The normalized spacial score (nSPS) is 15.3. The number of carbonyl (C=O) groups is 2. The predicted molar refractivity (Wildman–Crippen MR) is 143 cm³/mol. The molecule has 38 heavy (non-hydrogen) atoms. The molecule has 0 spiro atoms. The summed E-state index contributed by atoms with van der Waals surface area (Å²) in [6.07, 6.45) is 0. The number of halogens is 1. The van der Waals surface area contributed by atoms with E-state index in [1.54, 1.807) is 60.7 Å². The molecule has 0 aliphatic carbocycles. The van der Waals surface area contributed by atoms with Crippen LogP contribution in [0.1, 0.15) is 29.1 Å². The molecule has 1 N–H and O–H groups in total. The van der Waals surface area contributed by atoms with E-state index in [4.69, 9.17) is 30.2 Å². The van der Waals surface area contributed by atoms with Crippen LogP contribution in [0.3, 0.4) is 0 Å². The van der Waals surface area contributed by atoms with Crippen molar-refractivity contribution < 1.29 is 33.3 Å². The van der Waals surface area contributed by atoms with Gasteiger partial charge in [-0.3, -0.25) is 14.5 Å². The van der Waals surface area contributed by atoms with Gasteiger partial charge in [0, 0.05) is 10.4 Å². The van der Waals surface area contributed by atoms with Crippen molar-refractivity contribution in [2.75, 3.05) is 25.7 Å². The molecule has 1 aliphatic rings. The van der Waals surface area contributed by atoms with E-state index < -0.39 is 23.5 Å². The summed E-state index contributed by atoms with van der Waals surface area (Å²) in [5.74, 6) is -0.810. The van der Waals surface area contributed by atoms with E-state index in [1.165, 1.54) is 25.2 Å². The molecule has 1 atom stereocenters. The number of Topliss-reactive ketones (excluding diaryl/α,β-unsaturated/α-hetero) is 1. The number of benzene rings is 3. The topological polar surface area (TPSA) is 98.4 Å². The lowest BCUT2D eigenvalue weighted by atomic mass is 9.94. The average molecular weight is 534 g/mol. The first-order valence-corrected chi connectivity index (χ1v) is 12.2. The number of hydrogen-bond acceptors (Lipinski definition) is 7. The van der Waals surface area contributed by atoms with Crippen molar-refractivity contribution in [3.63, 3.8) is 0 Å². The van der Waals surface area contributed by atoms with E-state index in [9.17, 15) is 14.7 Å². The molecule has 4 aromatic rings. The molecular formula is C29H24ClNO7. The first-order chi connectivity index (χ1) is 18.4. The highest BCUT2D eigenvalue weighted by atomic mass is 35.5. The molecule has 3 aromatic carbocycles. The van der Waals surface area contributed by atoms with Crippen molar-refractivity contribution in [1.29, 1.82) is 0 Å². The van der Waals surface area contributed by atoms with Gasteiger partial charge in [0.1, 0.15) is 11.3 Å². The van der Waals surface area contributed by atoms with E-state index in [0.717, 1.165) is 0 Å². The van der Waals surface area contributed by atoms with Crippen molar-refractivity contribution in [3.8, 4) is 17.2 Å². The van der Waals surface area contributed by atoms with Crippen LogP contribution in [0, 0.1) is 0 Å². The summed E-state index contributed by atoms with van der Waals surface area (Å²) in [5, 5.41) is 12.2. The van der Waals surface area contributed by atoms with Gasteiger partial charge in [-0.1, -0.05) is 29.8 Å². The third-order valence-corrected chi connectivity index (χ3v) is 6.54. The zero-order valence-electron chi connectivity index (χ0n) is 20.9. The molecule has 9 heteroatoms. The lowest BCUT2D eigenvalue weighted by molar-refractivity contribution is -0.117. The van der Waals surface area contributed by atoms with Crippen LogP contribution in [0.4, 0.5) is 5.69 Å². The van der Waals surface area contributed by atoms with Gasteiger partial charge in [-0.2, -0.15) is 0 Å². The second-order valence-electron chi connectivity index (χ2n) is 8.48. The van der Waals surface area contributed by atoms with Crippen LogP contribution in [-0.4, -0.2) is 37.6 Å². The molecule has 1 amide bonds. The Morgan fingerprint density at radius 1 is 1.00 bits per heavy atom. The summed E-state index contributed by atoms with van der Waals surface area (Å²) in [4.78, 5) is 28.8. The maximum atomic E-state index is 13.9. The van der Waals surface area contributed by atoms with Crippen LogP contribution in [0.2, 0.25) is 5.02 Å². The van der Waals surface area contributed by atoms with Gasteiger partial charge in [-0.05, 0) is 61.0 Å². The van der Waals surface area contributed by atoms with Gasteiger partial charge in [0.25, 0.3) is 5.91 Å². The Morgan fingerprint density at radius 3 is 2.50 bits per heavy atom. The molecule has 0 bridgehead atoms. The first kappa shape index (κ1) is 25.2. The fraction of sp³-hybridized carbons (Fsp3) is 0.172. The van der Waals surface area contributed by atoms with Crippen LogP contribution in [0.5, 0.6) is 17.2 Å². The van der Waals surface area contributed by atoms with Gasteiger partial charge in [0.15, 0.2) is 23.0 Å². The molecule has 0 saturated carbocycles. The Bertz CT molecular complexity index is 1590. The largest absolute Gasteiger partial charge is 0.503 e. The summed E-state index contributed by atoms with van der Waals surface area (Å²) in [5.41, 5.74) is 1.20. The number of amides is 1. The Morgan fingerprint density at radius 2 is 1.76 bits per heavy atom. The molecule has 1 aliphatic heterocycles. The van der Waals surface area contributed by atoms with E-state index >= 15 is 0 Å². The Hall–Kier alpha value is -4.43. The molecule has 194 valence electrons. The van der Waals surface area contributed by atoms with Gasteiger partial charge in [-0.25, -0.2) is 0 Å². The minimum atomic E-state index is -1.02. The molecule has 1 unspecified atom stereocenters. The number of furan rings is 1. The molecule has 5 rings (SSSR count). The first-order valence-electron chi connectivity index (χ1n) is 11.8. The van der Waals surface area contributed by atoms with E-state index in [-0.39, 0.29) is 11.3 Å². The maximum Gasteiger partial charge on any atom is 0.294 e. The Kier molecular flexibility index (Phi) is 6.73. The molecule has 2 heterocycles. The number of para-hydroxylation sites is 2. The number of methoxy groups -OCH3 is 2. The third kappa shape index (κ3) is 4.22. The van der Waals surface area contributed by atoms with E-state index in [0.29, 0.717) is 51.1 Å². The smallest absolute Gasteiger partial charge is 0.294 e. The number of fused-ring (bicyclic) bond motifs is 1. The van der Waals surface area contributed by atoms with Crippen LogP contribution in [0.15, 0.2) is 82.5 Å². The SMILES string of the molecule is CCOc1cc(C2C(C(=O)c3cc4cc(Cl)ccc4o3)=C(O)C(=O)N2c2ccccc2OC)ccc1OC. The Balaban J connectivity index is 1.70. The lowest BCUT2D eigenvalue weighted by Gasteiger charge is -2.28. The summed E-state index contributed by atoms with van der Waals surface area (Å²) < 4.78 is 22.5. The third-order valence-electron chi connectivity index (χ3n) is 6.30. The number of ether oxygens (including phenoxy) is 3. The molecule has 0 saturated heterocycles. The average Bonchev–Trinajstić information content (AvgIpc) is 3.46. The van der Waals surface area contributed by atoms with Gasteiger partial charge in [0.05, 0.1) is 38.1 Å². The summed E-state index contributed by atoms with van der Waals surface area (Å²) in [6.45, 7) is 2.20. The standard InChI is InChI=1S/C29H24ClNO7/c1-4-37-23-14-16(9-11-22(23)36-3)26-25(27(32)24-15-17-13-18(30)10-12-20(17)38-24)28(33)29(34)31(26)19-7-5-6-8-21(19)35-2/h5-15,26,33H,4H2,1-3H3. The number of aliphatic hydroxyl groups is 1.